The largest absolute Gasteiger partial charge is 0.482 e. The maximum absolute atomic E-state index is 13.4. The number of amidine groups is 1. The molecule has 0 heterocycles. The van der Waals surface area contributed by atoms with E-state index in [1.165, 1.54) is 24.3 Å². The van der Waals surface area contributed by atoms with Crippen LogP contribution in [-0.2, 0) is 19.0 Å². The van der Waals surface area contributed by atoms with Crippen molar-refractivity contribution in [1.82, 2.24) is 10.6 Å². The molecule has 3 N–H and O–H groups in total. The minimum Gasteiger partial charge on any atom is -0.482 e. The van der Waals surface area contributed by atoms with Crippen molar-refractivity contribution in [2.75, 3.05) is 13.2 Å². The normalized spacial score (nSPS) is 12.8. The second-order valence-electron chi connectivity index (χ2n) is 11.9. The number of hydrogen-bond acceptors (Lipinski definition) is 9. The number of benzene rings is 2. The third-order valence-corrected chi connectivity index (χ3v) is 5.77. The van der Waals surface area contributed by atoms with Crippen molar-refractivity contribution in [3.63, 3.8) is 0 Å². The van der Waals surface area contributed by atoms with Crippen LogP contribution in [0.3, 0.4) is 0 Å². The zero-order chi connectivity index (χ0) is 32.4. The van der Waals surface area contributed by atoms with Crippen LogP contribution in [0.4, 0.5) is 4.79 Å². The van der Waals surface area contributed by atoms with Crippen molar-refractivity contribution in [2.24, 2.45) is 0 Å². The first-order chi connectivity index (χ1) is 20.0. The van der Waals surface area contributed by atoms with Crippen LogP contribution in [0.1, 0.15) is 88.1 Å². The number of hydrogen-bond donors (Lipinski definition) is 3. The highest BCUT2D eigenvalue weighted by Gasteiger charge is 2.26. The molecule has 0 bridgehead atoms. The van der Waals surface area contributed by atoms with Gasteiger partial charge >= 0.3 is 12.1 Å². The zero-order valence-electron chi connectivity index (χ0n) is 26.2. The molecule has 0 fully saturated rings. The second kappa shape index (κ2) is 15.3. The Labute approximate surface area is 253 Å². The lowest BCUT2D eigenvalue weighted by atomic mass is 10.0. The van der Waals surface area contributed by atoms with Crippen LogP contribution < -0.4 is 15.4 Å². The monoisotopic (exact) mass is 597 g/mol. The van der Waals surface area contributed by atoms with E-state index in [2.05, 4.69) is 10.6 Å². The summed E-state index contributed by atoms with van der Waals surface area (Å²) in [6.45, 7) is 14.0. The standard InChI is InChI=1S/C32H43N3O8/c1-9-20(2)42-26(36)19-40-24-16-14-21(15-17-24)27(37)25(18-41-31(3,4)5)34-29(38)23-12-10-22(11-13-23)28(33)35-30(39)43-32(6,7)8/h10-17,20,25H,9,18-19H2,1-8H3,(H,34,38)(H2,33,35,39)/t20-,25-/m0/s1. The van der Waals surface area contributed by atoms with Crippen molar-refractivity contribution < 1.29 is 38.1 Å². The fraction of sp³-hybridized carbons (Fsp3) is 0.469. The molecule has 43 heavy (non-hydrogen) atoms. The molecule has 234 valence electrons. The molecule has 0 spiro atoms. The Morgan fingerprint density at radius 3 is 1.93 bits per heavy atom. The van der Waals surface area contributed by atoms with E-state index in [1.54, 1.807) is 52.0 Å². The van der Waals surface area contributed by atoms with Crippen LogP contribution in [0.2, 0.25) is 0 Å². The molecule has 0 unspecified atom stereocenters. The van der Waals surface area contributed by atoms with Gasteiger partial charge in [-0.1, -0.05) is 19.1 Å². The number of esters is 1. The number of amides is 2. The average Bonchev–Trinajstić information content (AvgIpc) is 2.92. The van der Waals surface area contributed by atoms with Crippen molar-refractivity contribution >= 4 is 29.6 Å². The molecule has 2 atom stereocenters. The molecule has 0 saturated carbocycles. The van der Waals surface area contributed by atoms with Crippen LogP contribution in [0.25, 0.3) is 0 Å². The molecular formula is C32H43N3O8. The maximum atomic E-state index is 13.4. The molecular weight excluding hydrogens is 554 g/mol. The van der Waals surface area contributed by atoms with Crippen LogP contribution in [0, 0.1) is 5.41 Å². The van der Waals surface area contributed by atoms with Crippen molar-refractivity contribution in [1.29, 1.82) is 5.41 Å². The van der Waals surface area contributed by atoms with Crippen LogP contribution in [0.15, 0.2) is 48.5 Å². The van der Waals surface area contributed by atoms with Gasteiger partial charge in [-0.05, 0) is 91.3 Å². The number of carbonyl (C=O) groups excluding carboxylic acids is 4. The SMILES string of the molecule is CC[C@H](C)OC(=O)COc1ccc(C(=O)[C@H](COC(C)(C)C)NC(=O)c2ccc(C(=N)NC(=O)OC(C)(C)C)cc2)cc1. The molecule has 0 aromatic heterocycles. The molecule has 11 nitrogen and oxygen atoms in total. The first-order valence-electron chi connectivity index (χ1n) is 14.1. The van der Waals surface area contributed by atoms with Gasteiger partial charge in [0.25, 0.3) is 5.91 Å². The first kappa shape index (κ1) is 34.9. The molecule has 0 saturated heterocycles. The molecule has 2 rings (SSSR count). The lowest BCUT2D eigenvalue weighted by molar-refractivity contribution is -0.150. The average molecular weight is 598 g/mol. The summed E-state index contributed by atoms with van der Waals surface area (Å²) in [5.41, 5.74) is -0.352. The predicted molar refractivity (Wildman–Crippen MR) is 162 cm³/mol. The van der Waals surface area contributed by atoms with Crippen LogP contribution in [0.5, 0.6) is 5.75 Å². The Morgan fingerprint density at radius 1 is 0.837 bits per heavy atom. The number of carbonyl (C=O) groups is 4. The number of ketones is 1. The smallest absolute Gasteiger partial charge is 0.413 e. The number of alkyl carbamates (subject to hydrolysis) is 1. The van der Waals surface area contributed by atoms with Gasteiger partial charge in [-0.2, -0.15) is 0 Å². The Hall–Kier alpha value is -4.25. The van der Waals surface area contributed by atoms with Crippen molar-refractivity contribution in [3.05, 3.63) is 65.2 Å². The van der Waals surface area contributed by atoms with E-state index in [1.807, 2.05) is 27.7 Å². The molecule has 2 amide bonds. The summed E-state index contributed by atoms with van der Waals surface area (Å²) in [6, 6.07) is 11.2. The zero-order valence-corrected chi connectivity index (χ0v) is 26.2. The summed E-state index contributed by atoms with van der Waals surface area (Å²) >= 11 is 0. The predicted octanol–water partition coefficient (Wildman–Crippen LogP) is 5.05. The van der Waals surface area contributed by atoms with Gasteiger partial charge in [0.15, 0.2) is 12.4 Å². The van der Waals surface area contributed by atoms with Crippen LogP contribution in [-0.4, -0.2) is 66.2 Å². The maximum Gasteiger partial charge on any atom is 0.413 e. The van der Waals surface area contributed by atoms with Gasteiger partial charge < -0.3 is 24.3 Å². The van der Waals surface area contributed by atoms with Gasteiger partial charge in [-0.3, -0.25) is 20.3 Å². The Kier molecular flexibility index (Phi) is 12.4. The highest BCUT2D eigenvalue weighted by Crippen LogP contribution is 2.16. The third kappa shape index (κ3) is 12.7. The summed E-state index contributed by atoms with van der Waals surface area (Å²) in [5.74, 6) is -1.18. The van der Waals surface area contributed by atoms with E-state index in [0.717, 1.165) is 0 Å². The van der Waals surface area contributed by atoms with E-state index in [9.17, 15) is 19.2 Å². The van der Waals surface area contributed by atoms with Gasteiger partial charge in [0.05, 0.1) is 18.3 Å². The Balaban J connectivity index is 2.10. The molecule has 0 aliphatic carbocycles. The number of Topliss-reactive ketones (excluding diaryl/α,β-unsaturated/α-hetero) is 1. The Morgan fingerprint density at radius 2 is 1.40 bits per heavy atom. The summed E-state index contributed by atoms with van der Waals surface area (Å²) in [6.07, 6.45) is -0.267. The van der Waals surface area contributed by atoms with E-state index in [0.29, 0.717) is 23.3 Å². The van der Waals surface area contributed by atoms with E-state index in [4.69, 9.17) is 24.4 Å². The number of rotatable bonds is 12. The molecule has 2 aromatic rings. The lowest BCUT2D eigenvalue weighted by Gasteiger charge is -2.24. The Bertz CT molecular complexity index is 1280. The first-order valence-corrected chi connectivity index (χ1v) is 14.1. The molecule has 11 heteroatoms. The lowest BCUT2D eigenvalue weighted by Crippen LogP contribution is -2.45. The summed E-state index contributed by atoms with van der Waals surface area (Å²) < 4.78 is 21.6. The van der Waals surface area contributed by atoms with Gasteiger partial charge in [-0.25, -0.2) is 9.59 Å². The molecule has 0 aliphatic heterocycles. The van der Waals surface area contributed by atoms with E-state index >= 15 is 0 Å². The van der Waals surface area contributed by atoms with Gasteiger partial charge in [-0.15, -0.1) is 0 Å². The van der Waals surface area contributed by atoms with Gasteiger partial charge in [0, 0.05) is 16.7 Å². The van der Waals surface area contributed by atoms with E-state index < -0.39 is 35.2 Å². The number of ether oxygens (including phenoxy) is 4. The highest BCUT2D eigenvalue weighted by atomic mass is 16.6. The minimum atomic E-state index is -1.00. The van der Waals surface area contributed by atoms with Crippen molar-refractivity contribution in [2.45, 2.75) is 85.2 Å². The fourth-order valence-electron chi connectivity index (χ4n) is 3.42. The minimum absolute atomic E-state index is 0.0731. The van der Waals surface area contributed by atoms with Gasteiger partial charge in [0.2, 0.25) is 0 Å². The summed E-state index contributed by atoms with van der Waals surface area (Å²) in [7, 11) is 0. The quantitative estimate of drug-likeness (QED) is 0.133. The number of nitrogens with one attached hydrogen (secondary N) is 3. The van der Waals surface area contributed by atoms with Crippen LogP contribution >= 0.6 is 0 Å². The topological polar surface area (TPSA) is 153 Å². The molecule has 0 radical (unpaired) electrons. The second-order valence-corrected chi connectivity index (χ2v) is 11.9. The summed E-state index contributed by atoms with van der Waals surface area (Å²) in [4.78, 5) is 50.4. The molecule has 0 aliphatic rings. The van der Waals surface area contributed by atoms with Gasteiger partial charge in [0.1, 0.15) is 23.2 Å². The van der Waals surface area contributed by atoms with Crippen molar-refractivity contribution in [3.8, 4) is 5.75 Å². The van der Waals surface area contributed by atoms with E-state index in [-0.39, 0.29) is 36.5 Å². The highest BCUT2D eigenvalue weighted by molar-refractivity contribution is 6.06. The fourth-order valence-corrected chi connectivity index (χ4v) is 3.42. The molecule has 2 aromatic carbocycles. The third-order valence-electron chi connectivity index (χ3n) is 5.77. The summed E-state index contributed by atoms with van der Waals surface area (Å²) in [5, 5.41) is 13.2.